The molecule has 2 amide bonds. The molecular weight excluding hydrogens is 318 g/mol. The van der Waals surface area contributed by atoms with E-state index in [1.807, 2.05) is 6.92 Å². The van der Waals surface area contributed by atoms with Gasteiger partial charge in [0, 0.05) is 11.4 Å². The van der Waals surface area contributed by atoms with Crippen LogP contribution < -0.4 is 15.4 Å². The van der Waals surface area contributed by atoms with Crippen molar-refractivity contribution in [1.82, 2.24) is 0 Å². The highest BCUT2D eigenvalue weighted by Crippen LogP contribution is 2.24. The van der Waals surface area contributed by atoms with Crippen LogP contribution in [0.1, 0.15) is 5.56 Å². The van der Waals surface area contributed by atoms with E-state index in [-0.39, 0.29) is 5.75 Å². The summed E-state index contributed by atoms with van der Waals surface area (Å²) >= 11 is 0. The van der Waals surface area contributed by atoms with Gasteiger partial charge in [-0.1, -0.05) is 6.07 Å². The Labute approximate surface area is 134 Å². The van der Waals surface area contributed by atoms with Crippen molar-refractivity contribution in [3.8, 4) is 5.75 Å². The SMILES string of the molecule is Cc1ccc(NC(=O)Nc2ccc(NS(C)(=O)=O)cc2)c(O)c1. The van der Waals surface area contributed by atoms with Gasteiger partial charge in [-0.05, 0) is 48.9 Å². The lowest BCUT2D eigenvalue weighted by Crippen LogP contribution is -2.19. The fraction of sp³-hybridized carbons (Fsp3) is 0.133. The first-order valence-corrected chi connectivity index (χ1v) is 8.57. The number of amides is 2. The van der Waals surface area contributed by atoms with Gasteiger partial charge in [0.2, 0.25) is 10.0 Å². The molecule has 0 aliphatic carbocycles. The van der Waals surface area contributed by atoms with E-state index in [1.165, 1.54) is 12.1 Å². The van der Waals surface area contributed by atoms with E-state index in [0.29, 0.717) is 17.1 Å². The lowest BCUT2D eigenvalue weighted by Gasteiger charge is -2.10. The minimum absolute atomic E-state index is 0.0205. The van der Waals surface area contributed by atoms with Gasteiger partial charge in [0.1, 0.15) is 5.75 Å². The molecule has 122 valence electrons. The Kier molecular flexibility index (Phi) is 4.75. The topological polar surface area (TPSA) is 108 Å². The minimum Gasteiger partial charge on any atom is -0.506 e. The van der Waals surface area contributed by atoms with Crippen LogP contribution >= 0.6 is 0 Å². The van der Waals surface area contributed by atoms with E-state index in [0.717, 1.165) is 11.8 Å². The van der Waals surface area contributed by atoms with E-state index in [1.54, 1.807) is 30.3 Å². The smallest absolute Gasteiger partial charge is 0.323 e. The van der Waals surface area contributed by atoms with Gasteiger partial charge in [0.15, 0.2) is 0 Å². The first-order chi connectivity index (χ1) is 10.7. The standard InChI is InChI=1S/C15H17N3O4S/c1-10-3-8-13(14(19)9-10)17-15(20)16-11-4-6-12(7-5-11)18-23(2,21)22/h3-9,18-19H,1-2H3,(H2,16,17,20). The van der Waals surface area contributed by atoms with Gasteiger partial charge in [0.25, 0.3) is 0 Å². The third-order valence-corrected chi connectivity index (χ3v) is 3.45. The molecule has 0 aliphatic rings. The van der Waals surface area contributed by atoms with Crippen molar-refractivity contribution in [3.63, 3.8) is 0 Å². The number of carbonyl (C=O) groups excluding carboxylic acids is 1. The molecule has 0 aliphatic heterocycles. The summed E-state index contributed by atoms with van der Waals surface area (Å²) in [5.41, 5.74) is 2.05. The van der Waals surface area contributed by atoms with Gasteiger partial charge < -0.3 is 15.7 Å². The zero-order chi connectivity index (χ0) is 17.0. The number of nitrogens with one attached hydrogen (secondary N) is 3. The first-order valence-electron chi connectivity index (χ1n) is 6.68. The van der Waals surface area contributed by atoms with Crippen molar-refractivity contribution in [2.24, 2.45) is 0 Å². The molecular formula is C15H17N3O4S. The van der Waals surface area contributed by atoms with E-state index in [4.69, 9.17) is 0 Å². The second kappa shape index (κ2) is 6.57. The van der Waals surface area contributed by atoms with Gasteiger partial charge in [-0.3, -0.25) is 4.72 Å². The summed E-state index contributed by atoms with van der Waals surface area (Å²) in [5.74, 6) is -0.0205. The predicted molar refractivity (Wildman–Crippen MR) is 90.4 cm³/mol. The Bertz CT molecular complexity index is 817. The Hall–Kier alpha value is -2.74. The zero-order valence-electron chi connectivity index (χ0n) is 12.6. The van der Waals surface area contributed by atoms with Crippen LogP contribution in [0, 0.1) is 6.92 Å². The third-order valence-electron chi connectivity index (χ3n) is 2.85. The molecule has 2 rings (SSSR count). The molecule has 0 spiro atoms. The van der Waals surface area contributed by atoms with Crippen molar-refractivity contribution in [2.45, 2.75) is 6.92 Å². The van der Waals surface area contributed by atoms with Crippen molar-refractivity contribution >= 4 is 33.1 Å². The number of aromatic hydroxyl groups is 1. The molecule has 0 heterocycles. The predicted octanol–water partition coefficient (Wildman–Crippen LogP) is 2.72. The summed E-state index contributed by atoms with van der Waals surface area (Å²) < 4.78 is 24.5. The van der Waals surface area contributed by atoms with Gasteiger partial charge in [-0.15, -0.1) is 0 Å². The molecule has 7 nitrogen and oxygen atoms in total. The van der Waals surface area contributed by atoms with Crippen LogP contribution in [0.4, 0.5) is 21.9 Å². The molecule has 23 heavy (non-hydrogen) atoms. The van der Waals surface area contributed by atoms with Crippen LogP contribution in [0.5, 0.6) is 5.75 Å². The summed E-state index contributed by atoms with van der Waals surface area (Å²) in [4.78, 5) is 11.9. The Morgan fingerprint density at radius 2 is 1.61 bits per heavy atom. The lowest BCUT2D eigenvalue weighted by molar-refractivity contribution is 0.262. The highest BCUT2D eigenvalue weighted by molar-refractivity contribution is 7.92. The summed E-state index contributed by atoms with van der Waals surface area (Å²) in [6.45, 7) is 1.83. The number of hydrogen-bond acceptors (Lipinski definition) is 4. The maximum atomic E-state index is 11.9. The zero-order valence-corrected chi connectivity index (χ0v) is 13.4. The molecule has 4 N–H and O–H groups in total. The molecule has 0 atom stereocenters. The molecule has 0 saturated carbocycles. The maximum absolute atomic E-state index is 11.9. The van der Waals surface area contributed by atoms with Gasteiger partial charge in [0.05, 0.1) is 11.9 Å². The lowest BCUT2D eigenvalue weighted by atomic mass is 10.2. The molecule has 0 saturated heterocycles. The van der Waals surface area contributed by atoms with E-state index in [2.05, 4.69) is 15.4 Å². The number of rotatable bonds is 4. The number of aryl methyl sites for hydroxylation is 1. The molecule has 2 aromatic rings. The maximum Gasteiger partial charge on any atom is 0.323 e. The average molecular weight is 335 g/mol. The average Bonchev–Trinajstić information content (AvgIpc) is 2.42. The van der Waals surface area contributed by atoms with Crippen LogP contribution in [0.2, 0.25) is 0 Å². The minimum atomic E-state index is -3.34. The Morgan fingerprint density at radius 1 is 1.00 bits per heavy atom. The third kappa shape index (κ3) is 5.19. The van der Waals surface area contributed by atoms with Crippen molar-refractivity contribution < 1.29 is 18.3 Å². The molecule has 2 aromatic carbocycles. The number of phenolic OH excluding ortho intramolecular Hbond substituents is 1. The normalized spacial score (nSPS) is 10.9. The number of hydrogen-bond donors (Lipinski definition) is 4. The monoisotopic (exact) mass is 335 g/mol. The van der Waals surface area contributed by atoms with Crippen LogP contribution in [0.15, 0.2) is 42.5 Å². The highest BCUT2D eigenvalue weighted by Gasteiger charge is 2.07. The number of anilines is 3. The second-order valence-corrected chi connectivity index (χ2v) is 6.80. The van der Waals surface area contributed by atoms with Crippen LogP contribution in [0.3, 0.4) is 0 Å². The van der Waals surface area contributed by atoms with Crippen molar-refractivity contribution in [3.05, 3.63) is 48.0 Å². The largest absolute Gasteiger partial charge is 0.506 e. The number of phenols is 1. The molecule has 0 radical (unpaired) electrons. The van der Waals surface area contributed by atoms with Crippen LogP contribution in [-0.2, 0) is 10.0 Å². The number of urea groups is 1. The van der Waals surface area contributed by atoms with Gasteiger partial charge >= 0.3 is 6.03 Å². The van der Waals surface area contributed by atoms with Crippen molar-refractivity contribution in [2.75, 3.05) is 21.6 Å². The number of carbonyl (C=O) groups is 1. The van der Waals surface area contributed by atoms with Crippen molar-refractivity contribution in [1.29, 1.82) is 0 Å². The van der Waals surface area contributed by atoms with Gasteiger partial charge in [-0.25, -0.2) is 13.2 Å². The Morgan fingerprint density at radius 3 is 2.17 bits per heavy atom. The van der Waals surface area contributed by atoms with E-state index >= 15 is 0 Å². The second-order valence-electron chi connectivity index (χ2n) is 5.05. The first kappa shape index (κ1) is 16.6. The summed E-state index contributed by atoms with van der Waals surface area (Å²) in [6.07, 6.45) is 1.06. The van der Waals surface area contributed by atoms with E-state index in [9.17, 15) is 18.3 Å². The Balaban J connectivity index is 2.00. The number of benzene rings is 2. The molecule has 8 heteroatoms. The quantitative estimate of drug-likeness (QED) is 0.644. The molecule has 0 aromatic heterocycles. The fourth-order valence-corrected chi connectivity index (χ4v) is 2.43. The highest BCUT2D eigenvalue weighted by atomic mass is 32.2. The van der Waals surface area contributed by atoms with Crippen LogP contribution in [0.25, 0.3) is 0 Å². The van der Waals surface area contributed by atoms with Crippen LogP contribution in [-0.4, -0.2) is 25.8 Å². The van der Waals surface area contributed by atoms with Gasteiger partial charge in [-0.2, -0.15) is 0 Å². The molecule has 0 unspecified atom stereocenters. The summed E-state index contributed by atoms with van der Waals surface area (Å²) in [7, 11) is -3.34. The number of sulfonamides is 1. The molecule has 0 fully saturated rings. The summed E-state index contributed by atoms with van der Waals surface area (Å²) in [5, 5.41) is 14.9. The fourth-order valence-electron chi connectivity index (χ4n) is 1.87. The summed E-state index contributed by atoms with van der Waals surface area (Å²) in [6, 6.07) is 10.6. The van der Waals surface area contributed by atoms with E-state index < -0.39 is 16.1 Å². The molecule has 0 bridgehead atoms.